The third-order valence-electron chi connectivity index (χ3n) is 1.40. The number of nitrogen functional groups attached to an aromatic ring is 1. The molecule has 0 unspecified atom stereocenters. The predicted octanol–water partition coefficient (Wildman–Crippen LogP) is 2.34. The van der Waals surface area contributed by atoms with Crippen molar-refractivity contribution in [3.63, 3.8) is 0 Å². The van der Waals surface area contributed by atoms with Crippen LogP contribution in [-0.4, -0.2) is 4.98 Å². The lowest BCUT2D eigenvalue weighted by molar-refractivity contribution is 0.152. The number of rotatable bonds is 2. The van der Waals surface area contributed by atoms with E-state index in [1.807, 2.05) is 0 Å². The lowest BCUT2D eigenvalue weighted by Gasteiger charge is -2.04. The summed E-state index contributed by atoms with van der Waals surface area (Å²) in [5.74, 6) is 0.174. The van der Waals surface area contributed by atoms with Crippen LogP contribution in [0.4, 0.5) is 14.5 Å². The summed E-state index contributed by atoms with van der Waals surface area (Å²) in [6, 6.07) is 1.36. The molecule has 0 saturated carbocycles. The molecule has 2 N–H and O–H groups in total. The van der Waals surface area contributed by atoms with E-state index in [1.165, 1.54) is 6.07 Å². The number of hydrogen-bond donors (Lipinski definition) is 1. The van der Waals surface area contributed by atoms with Gasteiger partial charge in [-0.2, -0.15) is 0 Å². The Balaban J connectivity index is 3.03. The van der Waals surface area contributed by atoms with Crippen LogP contribution < -0.4 is 5.73 Å². The number of alkyl halides is 3. The molecule has 1 rings (SSSR count). The Morgan fingerprint density at radius 2 is 2.25 bits per heavy atom. The predicted molar refractivity (Wildman–Crippen MR) is 43.2 cm³/mol. The minimum Gasteiger partial charge on any atom is -0.398 e. The first kappa shape index (κ1) is 9.19. The van der Waals surface area contributed by atoms with Crippen LogP contribution in [0.5, 0.6) is 0 Å². The smallest absolute Gasteiger partial charge is 0.267 e. The molecule has 0 amide bonds. The van der Waals surface area contributed by atoms with Crippen molar-refractivity contribution >= 4 is 17.3 Å². The maximum atomic E-state index is 12.1. The Kier molecular flexibility index (Phi) is 2.81. The van der Waals surface area contributed by atoms with Crippen LogP contribution in [0.15, 0.2) is 12.3 Å². The van der Waals surface area contributed by atoms with Gasteiger partial charge in [0, 0.05) is 11.9 Å². The first-order chi connectivity index (χ1) is 5.65. The largest absolute Gasteiger partial charge is 0.398 e. The Morgan fingerprint density at radius 3 is 2.67 bits per heavy atom. The summed E-state index contributed by atoms with van der Waals surface area (Å²) in [6.07, 6.45) is -1.53. The molecule has 0 fully saturated rings. The van der Waals surface area contributed by atoms with Gasteiger partial charge in [0.05, 0.1) is 17.1 Å². The summed E-state index contributed by atoms with van der Waals surface area (Å²) >= 11 is 5.43. The Labute approximate surface area is 73.4 Å². The molecule has 0 aliphatic rings. The van der Waals surface area contributed by atoms with Crippen LogP contribution >= 0.6 is 11.6 Å². The number of anilines is 1. The van der Waals surface area contributed by atoms with E-state index in [0.29, 0.717) is 5.69 Å². The van der Waals surface area contributed by atoms with Crippen molar-refractivity contribution in [2.45, 2.75) is 12.3 Å². The van der Waals surface area contributed by atoms with Crippen LogP contribution in [0, 0.1) is 0 Å². The van der Waals surface area contributed by atoms with E-state index < -0.39 is 6.43 Å². The highest BCUT2D eigenvalue weighted by atomic mass is 35.5. The molecule has 0 bridgehead atoms. The minimum atomic E-state index is -2.58. The summed E-state index contributed by atoms with van der Waals surface area (Å²) in [5.41, 5.74) is 5.61. The molecule has 0 radical (unpaired) electrons. The van der Waals surface area contributed by atoms with E-state index in [1.54, 1.807) is 0 Å². The molecule has 0 aliphatic carbocycles. The fraction of sp³-hybridized carbons (Fsp3) is 0.286. The minimum absolute atomic E-state index is 0.0376. The van der Waals surface area contributed by atoms with Crippen molar-refractivity contribution in [2.75, 3.05) is 5.73 Å². The highest BCUT2D eigenvalue weighted by Crippen LogP contribution is 2.24. The van der Waals surface area contributed by atoms with E-state index >= 15 is 0 Å². The van der Waals surface area contributed by atoms with Crippen molar-refractivity contribution in [3.8, 4) is 0 Å². The van der Waals surface area contributed by atoms with E-state index in [2.05, 4.69) is 4.98 Å². The van der Waals surface area contributed by atoms with Crippen molar-refractivity contribution in [2.24, 2.45) is 0 Å². The van der Waals surface area contributed by atoms with Crippen LogP contribution in [0.2, 0.25) is 0 Å². The third-order valence-corrected chi connectivity index (χ3v) is 1.67. The monoisotopic (exact) mass is 192 g/mol. The molecular weight excluding hydrogens is 186 g/mol. The second-order valence-corrected chi connectivity index (χ2v) is 2.51. The summed E-state index contributed by atoms with van der Waals surface area (Å²) in [7, 11) is 0. The zero-order valence-electron chi connectivity index (χ0n) is 6.10. The van der Waals surface area contributed by atoms with Gasteiger partial charge in [-0.3, -0.25) is 4.98 Å². The molecule has 2 nitrogen and oxygen atoms in total. The quantitative estimate of drug-likeness (QED) is 0.731. The van der Waals surface area contributed by atoms with E-state index in [-0.39, 0.29) is 17.1 Å². The van der Waals surface area contributed by atoms with Crippen molar-refractivity contribution in [1.82, 2.24) is 4.98 Å². The number of hydrogen-bond acceptors (Lipinski definition) is 2. The van der Waals surface area contributed by atoms with Crippen LogP contribution in [0.1, 0.15) is 17.7 Å². The van der Waals surface area contributed by atoms with Gasteiger partial charge < -0.3 is 5.73 Å². The van der Waals surface area contributed by atoms with Crippen LogP contribution in [0.3, 0.4) is 0 Å². The Bertz CT molecular complexity index is 278. The van der Waals surface area contributed by atoms with Crippen LogP contribution in [-0.2, 0) is 5.88 Å². The van der Waals surface area contributed by atoms with Crippen molar-refractivity contribution in [1.29, 1.82) is 0 Å². The zero-order chi connectivity index (χ0) is 9.14. The standard InChI is InChI=1S/C7H7ClF2N2/c8-2-4-1-6(11)5(3-12-4)7(9)10/h1,3,7H,2H2,(H2,11,12). The van der Waals surface area contributed by atoms with Gasteiger partial charge in [0.2, 0.25) is 0 Å². The Hall–Kier alpha value is -0.900. The van der Waals surface area contributed by atoms with Gasteiger partial charge in [0.25, 0.3) is 6.43 Å². The SMILES string of the molecule is Nc1cc(CCl)ncc1C(F)F. The van der Waals surface area contributed by atoms with Gasteiger partial charge in [-0.15, -0.1) is 11.6 Å². The molecule has 66 valence electrons. The Morgan fingerprint density at radius 1 is 1.58 bits per heavy atom. The normalized spacial score (nSPS) is 10.7. The summed E-state index contributed by atoms with van der Waals surface area (Å²) < 4.78 is 24.2. The average Bonchev–Trinajstić information content (AvgIpc) is 2.03. The fourth-order valence-corrected chi connectivity index (χ4v) is 0.929. The van der Waals surface area contributed by atoms with Gasteiger partial charge in [-0.05, 0) is 6.07 Å². The maximum Gasteiger partial charge on any atom is 0.267 e. The highest BCUT2D eigenvalue weighted by Gasteiger charge is 2.11. The first-order valence-corrected chi connectivity index (χ1v) is 3.77. The molecule has 0 saturated heterocycles. The number of nitrogens with zero attached hydrogens (tertiary/aromatic N) is 1. The zero-order valence-corrected chi connectivity index (χ0v) is 6.85. The second kappa shape index (κ2) is 3.67. The number of aromatic nitrogens is 1. The van der Waals surface area contributed by atoms with E-state index in [0.717, 1.165) is 6.20 Å². The van der Waals surface area contributed by atoms with Gasteiger partial charge in [0.1, 0.15) is 0 Å². The van der Waals surface area contributed by atoms with Gasteiger partial charge in [0.15, 0.2) is 0 Å². The third kappa shape index (κ3) is 1.82. The van der Waals surface area contributed by atoms with E-state index in [4.69, 9.17) is 17.3 Å². The molecule has 1 heterocycles. The molecule has 0 aromatic carbocycles. The molecule has 0 atom stereocenters. The second-order valence-electron chi connectivity index (χ2n) is 2.24. The van der Waals surface area contributed by atoms with Gasteiger partial charge in [-0.1, -0.05) is 0 Å². The topological polar surface area (TPSA) is 38.9 Å². The van der Waals surface area contributed by atoms with Crippen LogP contribution in [0.25, 0.3) is 0 Å². The van der Waals surface area contributed by atoms with Crippen molar-refractivity contribution < 1.29 is 8.78 Å². The molecule has 0 spiro atoms. The molecular formula is C7H7ClF2N2. The maximum absolute atomic E-state index is 12.1. The number of pyridine rings is 1. The van der Waals surface area contributed by atoms with E-state index in [9.17, 15) is 8.78 Å². The highest BCUT2D eigenvalue weighted by molar-refractivity contribution is 6.16. The van der Waals surface area contributed by atoms with Crippen molar-refractivity contribution in [3.05, 3.63) is 23.5 Å². The summed E-state index contributed by atoms with van der Waals surface area (Å²) in [4.78, 5) is 3.69. The molecule has 12 heavy (non-hydrogen) atoms. The molecule has 1 aromatic heterocycles. The first-order valence-electron chi connectivity index (χ1n) is 3.23. The van der Waals surface area contributed by atoms with Gasteiger partial charge >= 0.3 is 0 Å². The fourth-order valence-electron chi connectivity index (χ4n) is 0.783. The molecule has 1 aromatic rings. The lowest BCUT2D eigenvalue weighted by atomic mass is 10.2. The summed E-state index contributed by atoms with van der Waals surface area (Å²) in [5, 5.41) is 0. The number of nitrogens with two attached hydrogens (primary N) is 1. The lowest BCUT2D eigenvalue weighted by Crippen LogP contribution is -1.98. The van der Waals surface area contributed by atoms with Gasteiger partial charge in [-0.25, -0.2) is 8.78 Å². The average molecular weight is 193 g/mol. The molecule has 5 heteroatoms. The molecule has 0 aliphatic heterocycles. The summed E-state index contributed by atoms with van der Waals surface area (Å²) in [6.45, 7) is 0. The number of halogens is 3.